The molecule has 2 aromatic carbocycles. The van der Waals surface area contributed by atoms with E-state index in [1.54, 1.807) is 4.90 Å². The van der Waals surface area contributed by atoms with Crippen LogP contribution in [0.2, 0.25) is 0 Å². The summed E-state index contributed by atoms with van der Waals surface area (Å²) in [5.41, 5.74) is 1.99. The van der Waals surface area contributed by atoms with E-state index in [4.69, 9.17) is 0 Å². The summed E-state index contributed by atoms with van der Waals surface area (Å²) in [5, 5.41) is 2.35. The number of halogens is 5. The van der Waals surface area contributed by atoms with Crippen LogP contribution >= 0.6 is 0 Å². The zero-order valence-electron chi connectivity index (χ0n) is 19.7. The van der Waals surface area contributed by atoms with Crippen LogP contribution in [0.25, 0.3) is 0 Å². The summed E-state index contributed by atoms with van der Waals surface area (Å²) < 4.78 is 66.7. The van der Waals surface area contributed by atoms with Gasteiger partial charge in [-0.15, -0.1) is 0 Å². The summed E-state index contributed by atoms with van der Waals surface area (Å²) in [6.07, 6.45) is -3.14. The Hall–Kier alpha value is -3.70. The molecule has 36 heavy (non-hydrogen) atoms. The zero-order chi connectivity index (χ0) is 26.8. The van der Waals surface area contributed by atoms with E-state index in [-0.39, 0.29) is 35.2 Å². The van der Waals surface area contributed by atoms with Crippen molar-refractivity contribution in [1.29, 1.82) is 0 Å². The molecule has 7 nitrogen and oxygen atoms in total. The fourth-order valence-corrected chi connectivity index (χ4v) is 4.14. The first kappa shape index (κ1) is 26.9. The number of nitrogens with zero attached hydrogens (tertiary/aromatic N) is 1. The summed E-state index contributed by atoms with van der Waals surface area (Å²) >= 11 is 0. The normalized spacial score (nSPS) is 18.5. The third-order valence-corrected chi connectivity index (χ3v) is 6.02. The Balaban J connectivity index is 1.60. The number of nitrogens with one attached hydrogen (secondary N) is 3. The molecule has 12 heteroatoms. The van der Waals surface area contributed by atoms with E-state index in [0.717, 1.165) is 18.9 Å². The third kappa shape index (κ3) is 6.10. The predicted molar refractivity (Wildman–Crippen MR) is 120 cm³/mol. The summed E-state index contributed by atoms with van der Waals surface area (Å²) in [5.74, 6) is -3.48. The number of hydrazine groups is 1. The molecular formula is C24H25F5N4O3. The fourth-order valence-electron chi connectivity index (χ4n) is 4.14. The van der Waals surface area contributed by atoms with Gasteiger partial charge in [-0.1, -0.05) is 6.07 Å². The van der Waals surface area contributed by atoms with Gasteiger partial charge in [0.2, 0.25) is 0 Å². The van der Waals surface area contributed by atoms with E-state index in [1.807, 2.05) is 24.7 Å². The summed E-state index contributed by atoms with van der Waals surface area (Å²) in [4.78, 5) is 38.7. The molecule has 3 N–H and O–H groups in total. The Morgan fingerprint density at radius 1 is 0.944 bits per heavy atom. The lowest BCUT2D eigenvalue weighted by molar-refractivity contribution is -0.137. The molecule has 1 aliphatic rings. The maximum atomic E-state index is 14.8. The van der Waals surface area contributed by atoms with Crippen LogP contribution in [0.1, 0.15) is 71.5 Å². The number of hydrogen-bond donors (Lipinski definition) is 3. The van der Waals surface area contributed by atoms with Crippen molar-refractivity contribution in [2.24, 2.45) is 0 Å². The first-order chi connectivity index (χ1) is 16.8. The van der Waals surface area contributed by atoms with Crippen molar-refractivity contribution in [3.63, 3.8) is 0 Å². The van der Waals surface area contributed by atoms with Crippen LogP contribution < -0.4 is 16.2 Å². The molecule has 3 atom stereocenters. The van der Waals surface area contributed by atoms with Crippen molar-refractivity contribution in [2.75, 3.05) is 0 Å². The predicted octanol–water partition coefficient (Wildman–Crippen LogP) is 4.70. The van der Waals surface area contributed by atoms with Gasteiger partial charge < -0.3 is 10.2 Å². The number of likely N-dealkylation sites (tertiary alicyclic amines) is 1. The third-order valence-electron chi connectivity index (χ3n) is 6.02. The number of urea groups is 1. The van der Waals surface area contributed by atoms with Crippen molar-refractivity contribution < 1.29 is 36.3 Å². The monoisotopic (exact) mass is 512 g/mol. The highest BCUT2D eigenvalue weighted by Gasteiger charge is 2.33. The number of rotatable bonds is 4. The van der Waals surface area contributed by atoms with E-state index < -0.39 is 46.9 Å². The van der Waals surface area contributed by atoms with Gasteiger partial charge in [0.15, 0.2) is 0 Å². The molecule has 2 unspecified atom stereocenters. The summed E-state index contributed by atoms with van der Waals surface area (Å²) in [6.45, 7) is 5.31. The lowest BCUT2D eigenvalue weighted by atomic mass is 10.0. The number of carbonyl (C=O) groups is 3. The second kappa shape index (κ2) is 10.5. The van der Waals surface area contributed by atoms with Crippen LogP contribution in [-0.2, 0) is 6.18 Å². The minimum absolute atomic E-state index is 0.0437. The molecule has 3 rings (SSSR count). The first-order valence-electron chi connectivity index (χ1n) is 11.1. The van der Waals surface area contributed by atoms with Gasteiger partial charge in [0, 0.05) is 28.8 Å². The average molecular weight is 512 g/mol. The van der Waals surface area contributed by atoms with E-state index in [0.29, 0.717) is 12.1 Å². The largest absolute Gasteiger partial charge is 0.416 e. The van der Waals surface area contributed by atoms with Gasteiger partial charge >= 0.3 is 12.2 Å². The van der Waals surface area contributed by atoms with Crippen molar-refractivity contribution >= 4 is 17.8 Å². The molecule has 1 saturated heterocycles. The lowest BCUT2D eigenvalue weighted by Gasteiger charge is -2.26. The molecule has 0 aliphatic carbocycles. The zero-order valence-corrected chi connectivity index (χ0v) is 19.7. The van der Waals surface area contributed by atoms with Gasteiger partial charge in [-0.25, -0.2) is 19.0 Å². The van der Waals surface area contributed by atoms with Crippen LogP contribution in [0.5, 0.6) is 0 Å². The van der Waals surface area contributed by atoms with Crippen LogP contribution in [0.15, 0.2) is 36.4 Å². The quantitative estimate of drug-likeness (QED) is 0.410. The van der Waals surface area contributed by atoms with Crippen molar-refractivity contribution in [1.82, 2.24) is 21.1 Å². The standard InChI is InChI=1S/C24H25F5N4O3/c1-12-4-5-13(2)33(12)22(35)15-6-7-19(20(26)10-15)14(3)30-23(36)32-31-21(34)16-8-17(24(27,28)29)11-18(25)9-16/h6-14H,4-5H2,1-3H3,(H,31,34)(H2,30,32,36)/t12?,13?,14-/m1/s1. The topological polar surface area (TPSA) is 90.5 Å². The fraction of sp³-hybridized carbons (Fsp3) is 0.375. The molecular weight excluding hydrogens is 487 g/mol. The minimum atomic E-state index is -4.87. The van der Waals surface area contributed by atoms with Crippen LogP contribution in [0.3, 0.4) is 0 Å². The van der Waals surface area contributed by atoms with E-state index in [9.17, 15) is 36.3 Å². The summed E-state index contributed by atoms with van der Waals surface area (Å²) in [6, 6.07) is 3.35. The van der Waals surface area contributed by atoms with Crippen LogP contribution in [0.4, 0.5) is 26.7 Å². The molecule has 0 bridgehead atoms. The van der Waals surface area contributed by atoms with Gasteiger partial charge in [0.25, 0.3) is 11.8 Å². The summed E-state index contributed by atoms with van der Waals surface area (Å²) in [7, 11) is 0. The van der Waals surface area contributed by atoms with E-state index in [1.165, 1.54) is 19.1 Å². The van der Waals surface area contributed by atoms with Crippen molar-refractivity contribution in [3.05, 3.63) is 70.3 Å². The number of benzene rings is 2. The molecule has 0 aromatic heterocycles. The van der Waals surface area contributed by atoms with Gasteiger partial charge in [-0.3, -0.25) is 15.0 Å². The average Bonchev–Trinajstić information content (AvgIpc) is 3.13. The van der Waals surface area contributed by atoms with Gasteiger partial charge in [-0.05, 0) is 63.9 Å². The second-order valence-electron chi connectivity index (χ2n) is 8.72. The van der Waals surface area contributed by atoms with E-state index >= 15 is 0 Å². The highest BCUT2D eigenvalue weighted by atomic mass is 19.4. The Kier molecular flexibility index (Phi) is 7.85. The highest BCUT2D eigenvalue weighted by Crippen LogP contribution is 2.30. The molecule has 1 fully saturated rings. The molecule has 0 saturated carbocycles. The van der Waals surface area contributed by atoms with Crippen LogP contribution in [-0.4, -0.2) is 34.8 Å². The second-order valence-corrected chi connectivity index (χ2v) is 8.72. The van der Waals surface area contributed by atoms with Crippen molar-refractivity contribution in [2.45, 2.75) is 57.9 Å². The molecule has 2 aromatic rings. The minimum Gasteiger partial charge on any atom is -0.333 e. The first-order valence-corrected chi connectivity index (χ1v) is 11.1. The molecule has 194 valence electrons. The molecule has 1 aliphatic heterocycles. The Morgan fingerprint density at radius 2 is 1.58 bits per heavy atom. The maximum Gasteiger partial charge on any atom is 0.416 e. The van der Waals surface area contributed by atoms with Crippen LogP contribution in [0, 0.1) is 11.6 Å². The van der Waals surface area contributed by atoms with Gasteiger partial charge in [-0.2, -0.15) is 13.2 Å². The Bertz CT molecular complexity index is 1160. The number of hydrogen-bond acceptors (Lipinski definition) is 3. The van der Waals surface area contributed by atoms with E-state index in [2.05, 4.69) is 5.32 Å². The maximum absolute atomic E-state index is 14.8. The number of carbonyl (C=O) groups excluding carboxylic acids is 3. The Labute approximate surface area is 204 Å². The number of amides is 4. The molecule has 0 radical (unpaired) electrons. The Morgan fingerprint density at radius 3 is 2.17 bits per heavy atom. The lowest BCUT2D eigenvalue weighted by Crippen LogP contribution is -2.47. The smallest absolute Gasteiger partial charge is 0.333 e. The highest BCUT2D eigenvalue weighted by molar-refractivity contribution is 5.96. The molecule has 0 spiro atoms. The number of alkyl halides is 3. The molecule has 4 amide bonds. The SMILES string of the molecule is CC1CCC(C)N1C(=O)c1ccc([C@@H](C)NC(=O)NNC(=O)c2cc(F)cc(C(F)(F)F)c2)c(F)c1. The molecule has 1 heterocycles. The van der Waals surface area contributed by atoms with Gasteiger partial charge in [0.1, 0.15) is 11.6 Å². The van der Waals surface area contributed by atoms with Crippen molar-refractivity contribution in [3.8, 4) is 0 Å². The van der Waals surface area contributed by atoms with Gasteiger partial charge in [0.05, 0.1) is 11.6 Å².